The van der Waals surface area contributed by atoms with E-state index in [9.17, 15) is 10.2 Å². The van der Waals surface area contributed by atoms with Crippen molar-refractivity contribution < 1.29 is 10.2 Å². The summed E-state index contributed by atoms with van der Waals surface area (Å²) in [6, 6.07) is 5.13. The van der Waals surface area contributed by atoms with Crippen molar-refractivity contribution in [1.29, 1.82) is 0 Å². The number of phenolic OH excluding ortho intramolecular Hbond substituents is 1. The smallest absolute Gasteiger partial charge is 0.122 e. The van der Waals surface area contributed by atoms with Gasteiger partial charge in [0, 0.05) is 23.1 Å². The monoisotopic (exact) mass is 243 g/mol. The highest BCUT2D eigenvalue weighted by Gasteiger charge is 2.39. The van der Waals surface area contributed by atoms with E-state index in [-0.39, 0.29) is 5.75 Å². The molecule has 1 heterocycles. The maximum Gasteiger partial charge on any atom is 0.122 e. The molecule has 1 fully saturated rings. The summed E-state index contributed by atoms with van der Waals surface area (Å²) < 4.78 is 0.747. The molecule has 2 rings (SSSR count). The normalized spacial score (nSPS) is 19.5. The largest absolute Gasteiger partial charge is 0.508 e. The van der Waals surface area contributed by atoms with Gasteiger partial charge in [-0.05, 0) is 12.1 Å². The Balaban J connectivity index is 2.49. The van der Waals surface area contributed by atoms with Gasteiger partial charge in [-0.3, -0.25) is 0 Å². The molecule has 0 aliphatic carbocycles. The topological polar surface area (TPSA) is 52.5 Å². The number of hydrogen-bond acceptors (Lipinski definition) is 3. The molecule has 4 heteroatoms. The van der Waals surface area contributed by atoms with Crippen LogP contribution in [0, 0.1) is 0 Å². The van der Waals surface area contributed by atoms with Gasteiger partial charge >= 0.3 is 0 Å². The average molecular weight is 244 g/mol. The van der Waals surface area contributed by atoms with Crippen LogP contribution >= 0.6 is 15.9 Å². The lowest BCUT2D eigenvalue weighted by atomic mass is 9.87. The maximum atomic E-state index is 9.99. The molecule has 0 amide bonds. The van der Waals surface area contributed by atoms with Crippen LogP contribution in [-0.2, 0) is 5.60 Å². The Kier molecular flexibility index (Phi) is 2.06. The van der Waals surface area contributed by atoms with Crippen LogP contribution in [0.4, 0.5) is 0 Å². The Labute approximate surface area is 84.5 Å². The van der Waals surface area contributed by atoms with Gasteiger partial charge in [-0.2, -0.15) is 0 Å². The van der Waals surface area contributed by atoms with Gasteiger partial charge < -0.3 is 15.5 Å². The van der Waals surface area contributed by atoms with Crippen molar-refractivity contribution in [2.24, 2.45) is 0 Å². The quantitative estimate of drug-likeness (QED) is 0.689. The van der Waals surface area contributed by atoms with Crippen LogP contribution in [0.15, 0.2) is 22.7 Å². The van der Waals surface area contributed by atoms with Gasteiger partial charge in [-0.1, -0.05) is 22.0 Å². The standard InChI is InChI=1S/C9H10BrNO2/c10-6-2-1-3-7(12)8(6)9(13)4-11-5-9/h1-3,11-13H,4-5H2. The number of phenols is 1. The van der Waals surface area contributed by atoms with Crippen molar-refractivity contribution in [2.75, 3.05) is 13.1 Å². The highest BCUT2D eigenvalue weighted by atomic mass is 79.9. The number of aromatic hydroxyl groups is 1. The molecule has 0 saturated carbocycles. The first-order valence-corrected chi connectivity index (χ1v) is 4.84. The first-order valence-electron chi connectivity index (χ1n) is 4.04. The lowest BCUT2D eigenvalue weighted by Gasteiger charge is -2.38. The zero-order valence-corrected chi connectivity index (χ0v) is 8.50. The van der Waals surface area contributed by atoms with Gasteiger partial charge in [0.15, 0.2) is 0 Å². The lowest BCUT2D eigenvalue weighted by molar-refractivity contribution is -0.0171. The Hall–Kier alpha value is -0.580. The highest BCUT2D eigenvalue weighted by Crippen LogP contribution is 2.37. The van der Waals surface area contributed by atoms with E-state index >= 15 is 0 Å². The second-order valence-electron chi connectivity index (χ2n) is 3.27. The number of benzene rings is 1. The predicted octanol–water partition coefficient (Wildman–Crippen LogP) is 0.945. The fourth-order valence-corrected chi connectivity index (χ4v) is 2.24. The highest BCUT2D eigenvalue weighted by molar-refractivity contribution is 9.10. The zero-order valence-electron chi connectivity index (χ0n) is 6.92. The SMILES string of the molecule is Oc1cccc(Br)c1C1(O)CNC1. The van der Waals surface area contributed by atoms with E-state index in [1.807, 2.05) is 6.07 Å². The van der Waals surface area contributed by atoms with E-state index in [1.165, 1.54) is 0 Å². The van der Waals surface area contributed by atoms with Crippen LogP contribution in [0.3, 0.4) is 0 Å². The van der Waals surface area contributed by atoms with Gasteiger partial charge in [-0.25, -0.2) is 0 Å². The summed E-state index contributed by atoms with van der Waals surface area (Å²) in [6.07, 6.45) is 0. The van der Waals surface area contributed by atoms with E-state index in [4.69, 9.17) is 0 Å². The third-order valence-corrected chi connectivity index (χ3v) is 2.95. The Morgan fingerprint density at radius 3 is 2.54 bits per heavy atom. The minimum Gasteiger partial charge on any atom is -0.508 e. The molecule has 1 aliphatic heterocycles. The maximum absolute atomic E-state index is 9.99. The molecular weight excluding hydrogens is 234 g/mol. The van der Waals surface area contributed by atoms with Crippen molar-refractivity contribution in [3.63, 3.8) is 0 Å². The second kappa shape index (κ2) is 2.97. The van der Waals surface area contributed by atoms with E-state index in [0.717, 1.165) is 4.47 Å². The molecule has 13 heavy (non-hydrogen) atoms. The Morgan fingerprint density at radius 1 is 1.38 bits per heavy atom. The van der Waals surface area contributed by atoms with Gasteiger partial charge in [0.25, 0.3) is 0 Å². The fourth-order valence-electron chi connectivity index (χ4n) is 1.51. The van der Waals surface area contributed by atoms with Gasteiger partial charge in [0.1, 0.15) is 11.4 Å². The first kappa shape index (κ1) is 8.99. The van der Waals surface area contributed by atoms with Gasteiger partial charge in [-0.15, -0.1) is 0 Å². The number of β-amino-alcohol motifs (C(OH)–C–C–N with tert-alkyl or cyclic N) is 1. The number of aliphatic hydroxyl groups is 1. The molecule has 1 saturated heterocycles. The second-order valence-corrected chi connectivity index (χ2v) is 4.12. The summed E-state index contributed by atoms with van der Waals surface area (Å²) in [4.78, 5) is 0. The van der Waals surface area contributed by atoms with Crippen LogP contribution in [-0.4, -0.2) is 23.3 Å². The minimum absolute atomic E-state index is 0.137. The number of nitrogens with one attached hydrogen (secondary N) is 1. The molecule has 0 atom stereocenters. The molecule has 0 unspecified atom stereocenters. The average Bonchev–Trinajstić information content (AvgIpc) is 2.01. The van der Waals surface area contributed by atoms with Crippen LogP contribution in [0.2, 0.25) is 0 Å². The van der Waals surface area contributed by atoms with Gasteiger partial charge in [0.2, 0.25) is 0 Å². The minimum atomic E-state index is -0.913. The molecule has 1 aromatic rings. The molecule has 0 spiro atoms. The number of rotatable bonds is 1. The van der Waals surface area contributed by atoms with E-state index in [0.29, 0.717) is 18.7 Å². The molecule has 0 bridgehead atoms. The predicted molar refractivity (Wildman–Crippen MR) is 52.6 cm³/mol. The van der Waals surface area contributed by atoms with Crippen molar-refractivity contribution in [3.8, 4) is 5.75 Å². The van der Waals surface area contributed by atoms with E-state index in [1.54, 1.807) is 12.1 Å². The summed E-state index contributed by atoms with van der Waals surface area (Å²) in [5.74, 6) is 0.137. The Morgan fingerprint density at radius 2 is 2.08 bits per heavy atom. The van der Waals surface area contributed by atoms with Crippen LogP contribution in [0.5, 0.6) is 5.75 Å². The lowest BCUT2D eigenvalue weighted by Crippen LogP contribution is -2.56. The van der Waals surface area contributed by atoms with Crippen molar-refractivity contribution >= 4 is 15.9 Å². The summed E-state index contributed by atoms with van der Waals surface area (Å²) in [6.45, 7) is 0.979. The van der Waals surface area contributed by atoms with Crippen molar-refractivity contribution in [2.45, 2.75) is 5.60 Å². The summed E-state index contributed by atoms with van der Waals surface area (Å²) in [5, 5.41) is 22.5. The number of halogens is 1. The van der Waals surface area contributed by atoms with E-state index < -0.39 is 5.60 Å². The van der Waals surface area contributed by atoms with Crippen LogP contribution in [0.25, 0.3) is 0 Å². The van der Waals surface area contributed by atoms with Crippen molar-refractivity contribution in [1.82, 2.24) is 5.32 Å². The fraction of sp³-hybridized carbons (Fsp3) is 0.333. The summed E-state index contributed by atoms with van der Waals surface area (Å²) >= 11 is 3.31. The first-order chi connectivity index (χ1) is 6.13. The molecule has 0 aromatic heterocycles. The molecule has 3 nitrogen and oxygen atoms in total. The number of hydrogen-bond donors (Lipinski definition) is 3. The summed E-state index contributed by atoms with van der Waals surface area (Å²) in [5.41, 5.74) is -0.335. The zero-order chi connectivity index (χ0) is 9.47. The van der Waals surface area contributed by atoms with Crippen molar-refractivity contribution in [3.05, 3.63) is 28.2 Å². The van der Waals surface area contributed by atoms with Crippen LogP contribution < -0.4 is 5.32 Å². The summed E-state index contributed by atoms with van der Waals surface area (Å²) in [7, 11) is 0. The van der Waals surface area contributed by atoms with E-state index in [2.05, 4.69) is 21.2 Å². The third-order valence-electron chi connectivity index (χ3n) is 2.29. The van der Waals surface area contributed by atoms with Gasteiger partial charge in [0.05, 0.1) is 0 Å². The van der Waals surface area contributed by atoms with Crippen LogP contribution in [0.1, 0.15) is 5.56 Å². The molecule has 0 radical (unpaired) electrons. The molecular formula is C9H10BrNO2. The molecule has 70 valence electrons. The molecule has 1 aromatic carbocycles. The molecule has 3 N–H and O–H groups in total. The third kappa shape index (κ3) is 1.35. The molecule has 1 aliphatic rings. The Bertz CT molecular complexity index is 316.